The molecule has 1 aliphatic heterocycles. The van der Waals surface area contributed by atoms with E-state index in [-0.39, 0.29) is 30.3 Å². The first kappa shape index (κ1) is 17.2. The Kier molecular flexibility index (Phi) is 5.95. The fourth-order valence-corrected chi connectivity index (χ4v) is 2.45. The van der Waals surface area contributed by atoms with Crippen molar-refractivity contribution in [3.05, 3.63) is 42.0 Å². The van der Waals surface area contributed by atoms with E-state index in [4.69, 9.17) is 4.65 Å². The lowest BCUT2D eigenvalue weighted by Gasteiger charge is -2.20. The van der Waals surface area contributed by atoms with E-state index in [1.807, 2.05) is 0 Å². The Bertz CT molecular complexity index is 604. The van der Waals surface area contributed by atoms with Crippen molar-refractivity contribution in [2.24, 2.45) is 0 Å². The van der Waals surface area contributed by atoms with E-state index in [1.54, 1.807) is 24.3 Å². The minimum absolute atomic E-state index is 0.0294. The van der Waals surface area contributed by atoms with Crippen LogP contribution in [0.2, 0.25) is 0 Å². The molecular formula is C16H20BNO5. The quantitative estimate of drug-likeness (QED) is 0.550. The molecule has 1 aliphatic rings. The summed E-state index contributed by atoms with van der Waals surface area (Å²) in [7, 11) is -1.18. The summed E-state index contributed by atoms with van der Waals surface area (Å²) in [4.78, 5) is 23.2. The number of phenolic OH excluding ortho intramolecular Hbond substituents is 1. The number of hydrogen-bond donors (Lipinski definition) is 3. The number of ketones is 1. The third kappa shape index (κ3) is 5.54. The van der Waals surface area contributed by atoms with Crippen molar-refractivity contribution in [2.75, 3.05) is 0 Å². The van der Waals surface area contributed by atoms with Gasteiger partial charge in [0, 0.05) is 6.42 Å². The average molecular weight is 317 g/mol. The predicted molar refractivity (Wildman–Crippen MR) is 85.6 cm³/mol. The highest BCUT2D eigenvalue weighted by atomic mass is 16.5. The molecule has 0 radical (unpaired) electrons. The standard InChI is InChI=1S/C16H20BNO5/c1-11(19)8-14-6-3-7-15(17(22)23-14)18-16(21)10-12-4-2-5-13(20)9-12/h2-6,9,14-15,20,22H,7-8,10H2,1H3,(H,18,21)/t14-,15+/m1/s1. The fourth-order valence-electron chi connectivity index (χ4n) is 2.45. The van der Waals surface area contributed by atoms with Gasteiger partial charge in [0.15, 0.2) is 0 Å². The van der Waals surface area contributed by atoms with Gasteiger partial charge in [-0.2, -0.15) is 0 Å². The lowest BCUT2D eigenvalue weighted by atomic mass is 9.77. The van der Waals surface area contributed by atoms with Crippen molar-refractivity contribution >= 4 is 18.8 Å². The van der Waals surface area contributed by atoms with Crippen LogP contribution < -0.4 is 5.32 Å². The molecule has 1 heterocycles. The summed E-state index contributed by atoms with van der Waals surface area (Å²) < 4.78 is 5.40. The second-order valence-corrected chi connectivity index (χ2v) is 5.66. The Hall–Kier alpha value is -2.12. The first-order valence-electron chi connectivity index (χ1n) is 7.51. The van der Waals surface area contributed by atoms with Crippen LogP contribution >= 0.6 is 0 Å². The summed E-state index contributed by atoms with van der Waals surface area (Å²) >= 11 is 0. The number of nitrogens with one attached hydrogen (secondary N) is 1. The maximum absolute atomic E-state index is 12.1. The minimum Gasteiger partial charge on any atom is -0.508 e. The molecule has 0 aromatic heterocycles. The summed E-state index contributed by atoms with van der Waals surface area (Å²) in [5, 5.41) is 22.2. The molecule has 0 spiro atoms. The number of amides is 1. The molecule has 7 heteroatoms. The number of carbonyl (C=O) groups is 2. The van der Waals surface area contributed by atoms with Crippen LogP contribution in [0.4, 0.5) is 0 Å². The highest BCUT2D eigenvalue weighted by molar-refractivity contribution is 6.45. The molecule has 0 aliphatic carbocycles. The molecule has 1 aromatic rings. The number of benzene rings is 1. The van der Waals surface area contributed by atoms with Gasteiger partial charge in [0.2, 0.25) is 5.91 Å². The molecule has 0 unspecified atom stereocenters. The van der Waals surface area contributed by atoms with Crippen LogP contribution in [0.3, 0.4) is 0 Å². The van der Waals surface area contributed by atoms with Gasteiger partial charge in [-0.3, -0.25) is 9.59 Å². The van der Waals surface area contributed by atoms with E-state index in [2.05, 4.69) is 5.32 Å². The average Bonchev–Trinajstić information content (AvgIpc) is 2.60. The molecular weight excluding hydrogens is 297 g/mol. The second kappa shape index (κ2) is 7.94. The van der Waals surface area contributed by atoms with E-state index in [0.29, 0.717) is 12.0 Å². The second-order valence-electron chi connectivity index (χ2n) is 5.66. The third-order valence-electron chi connectivity index (χ3n) is 3.51. The zero-order valence-electron chi connectivity index (χ0n) is 12.9. The highest BCUT2D eigenvalue weighted by Crippen LogP contribution is 2.14. The number of aromatic hydroxyl groups is 1. The number of carbonyl (C=O) groups excluding carboxylic acids is 2. The predicted octanol–water partition coefficient (Wildman–Crippen LogP) is 0.763. The van der Waals surface area contributed by atoms with E-state index in [9.17, 15) is 19.7 Å². The normalized spacial score (nSPS) is 20.9. The number of rotatable bonds is 5. The van der Waals surface area contributed by atoms with Crippen molar-refractivity contribution in [3.63, 3.8) is 0 Å². The zero-order chi connectivity index (χ0) is 16.8. The van der Waals surface area contributed by atoms with E-state index in [0.717, 1.165) is 0 Å². The SMILES string of the molecule is CC(=O)C[C@H]1C=CC[C@H](NC(=O)Cc2cccc(O)c2)B(O)O1. The van der Waals surface area contributed by atoms with Crippen molar-refractivity contribution in [1.29, 1.82) is 0 Å². The van der Waals surface area contributed by atoms with Crippen LogP contribution in [-0.2, 0) is 20.7 Å². The van der Waals surface area contributed by atoms with Crippen molar-refractivity contribution in [1.82, 2.24) is 5.32 Å². The summed E-state index contributed by atoms with van der Waals surface area (Å²) in [5.41, 5.74) is 0.677. The van der Waals surface area contributed by atoms with Gasteiger partial charge in [-0.25, -0.2) is 0 Å². The molecule has 1 amide bonds. The van der Waals surface area contributed by atoms with Crippen LogP contribution in [0, 0.1) is 0 Å². The maximum atomic E-state index is 12.1. The molecule has 6 nitrogen and oxygen atoms in total. The van der Waals surface area contributed by atoms with E-state index < -0.39 is 19.2 Å². The van der Waals surface area contributed by atoms with Crippen molar-refractivity contribution in [3.8, 4) is 5.75 Å². The van der Waals surface area contributed by atoms with Crippen LogP contribution in [0.25, 0.3) is 0 Å². The van der Waals surface area contributed by atoms with Crippen LogP contribution in [-0.4, -0.2) is 41.0 Å². The van der Waals surface area contributed by atoms with Gasteiger partial charge in [-0.05, 0) is 31.0 Å². The molecule has 1 aromatic carbocycles. The van der Waals surface area contributed by atoms with Gasteiger partial charge in [-0.1, -0.05) is 24.3 Å². The molecule has 122 valence electrons. The van der Waals surface area contributed by atoms with Gasteiger partial charge in [0.25, 0.3) is 0 Å². The Morgan fingerprint density at radius 1 is 1.43 bits per heavy atom. The molecule has 0 bridgehead atoms. The number of Topliss-reactive ketones (excluding diaryl/α,β-unsaturated/α-hetero) is 1. The number of phenols is 1. The Morgan fingerprint density at radius 2 is 2.22 bits per heavy atom. The molecule has 23 heavy (non-hydrogen) atoms. The lowest BCUT2D eigenvalue weighted by Crippen LogP contribution is -2.48. The summed E-state index contributed by atoms with van der Waals surface area (Å²) in [6, 6.07) is 6.45. The van der Waals surface area contributed by atoms with Gasteiger partial charge >= 0.3 is 7.12 Å². The smallest absolute Gasteiger partial charge is 0.478 e. The first-order chi connectivity index (χ1) is 10.9. The Balaban J connectivity index is 1.90. The largest absolute Gasteiger partial charge is 0.508 e. The highest BCUT2D eigenvalue weighted by Gasteiger charge is 2.32. The summed E-state index contributed by atoms with van der Waals surface area (Å²) in [6.07, 6.45) is 3.75. The minimum atomic E-state index is -1.18. The molecule has 0 saturated heterocycles. The lowest BCUT2D eigenvalue weighted by molar-refractivity contribution is -0.121. The molecule has 2 rings (SSSR count). The Morgan fingerprint density at radius 3 is 2.91 bits per heavy atom. The van der Waals surface area contributed by atoms with Gasteiger partial charge < -0.3 is 20.1 Å². The topological polar surface area (TPSA) is 95.9 Å². The van der Waals surface area contributed by atoms with Crippen molar-refractivity contribution in [2.45, 2.75) is 38.2 Å². The first-order valence-corrected chi connectivity index (χ1v) is 7.51. The molecule has 3 N–H and O–H groups in total. The van der Waals surface area contributed by atoms with E-state index in [1.165, 1.54) is 19.1 Å². The van der Waals surface area contributed by atoms with E-state index >= 15 is 0 Å². The maximum Gasteiger partial charge on any atom is 0.478 e. The molecule has 0 saturated carbocycles. The summed E-state index contributed by atoms with van der Waals surface area (Å²) in [5.74, 6) is -0.781. The molecule has 2 atom stereocenters. The van der Waals surface area contributed by atoms with Gasteiger partial charge in [0.1, 0.15) is 11.5 Å². The van der Waals surface area contributed by atoms with Crippen LogP contribution in [0.1, 0.15) is 25.3 Å². The fraction of sp³-hybridized carbons (Fsp3) is 0.375. The number of hydrogen-bond acceptors (Lipinski definition) is 5. The summed E-state index contributed by atoms with van der Waals surface area (Å²) in [6.45, 7) is 1.46. The molecule has 0 fully saturated rings. The third-order valence-corrected chi connectivity index (χ3v) is 3.51. The van der Waals surface area contributed by atoms with Crippen LogP contribution in [0.5, 0.6) is 5.75 Å². The van der Waals surface area contributed by atoms with Gasteiger partial charge in [0.05, 0.1) is 18.5 Å². The monoisotopic (exact) mass is 317 g/mol. The van der Waals surface area contributed by atoms with Crippen molar-refractivity contribution < 1.29 is 24.4 Å². The van der Waals surface area contributed by atoms with Crippen LogP contribution in [0.15, 0.2) is 36.4 Å². The zero-order valence-corrected chi connectivity index (χ0v) is 12.9. The van der Waals surface area contributed by atoms with Gasteiger partial charge in [-0.15, -0.1) is 0 Å². The Labute approximate surface area is 135 Å².